The summed E-state index contributed by atoms with van der Waals surface area (Å²) in [4.78, 5) is 11.7. The van der Waals surface area contributed by atoms with E-state index >= 15 is 0 Å². The van der Waals surface area contributed by atoms with E-state index in [0.29, 0.717) is 11.6 Å². The molecule has 2 amide bonds. The molecule has 24 heavy (non-hydrogen) atoms. The van der Waals surface area contributed by atoms with Crippen LogP contribution in [0.15, 0.2) is 54.6 Å². The number of hydrogen-bond donors (Lipinski definition) is 3. The summed E-state index contributed by atoms with van der Waals surface area (Å²) in [7, 11) is 0. The molecular formula is C19H23ClN2O2. The highest BCUT2D eigenvalue weighted by Gasteiger charge is 2.09. The van der Waals surface area contributed by atoms with Crippen LogP contribution in [0.5, 0.6) is 0 Å². The van der Waals surface area contributed by atoms with E-state index in [1.54, 1.807) is 24.3 Å². The molecule has 1 atom stereocenters. The number of aliphatic hydroxyl groups excluding tert-OH is 1. The van der Waals surface area contributed by atoms with Crippen molar-refractivity contribution in [3.05, 3.63) is 70.7 Å². The molecule has 0 saturated heterocycles. The summed E-state index contributed by atoms with van der Waals surface area (Å²) < 4.78 is 0. The number of aliphatic hydroxyl groups is 1. The van der Waals surface area contributed by atoms with Gasteiger partial charge in [0.25, 0.3) is 0 Å². The second-order valence-electron chi connectivity index (χ2n) is 5.65. The van der Waals surface area contributed by atoms with Crippen molar-refractivity contribution in [3.63, 3.8) is 0 Å². The third kappa shape index (κ3) is 6.60. The van der Waals surface area contributed by atoms with Gasteiger partial charge in [-0.25, -0.2) is 4.79 Å². The molecule has 0 spiro atoms. The summed E-state index contributed by atoms with van der Waals surface area (Å²) in [6, 6.07) is 17.0. The minimum atomic E-state index is -0.744. The van der Waals surface area contributed by atoms with Crippen LogP contribution >= 0.6 is 11.6 Å². The summed E-state index contributed by atoms with van der Waals surface area (Å²) >= 11 is 5.80. The Kier molecular flexibility index (Phi) is 7.59. The molecule has 0 bridgehead atoms. The van der Waals surface area contributed by atoms with Crippen LogP contribution < -0.4 is 10.6 Å². The molecule has 128 valence electrons. The van der Waals surface area contributed by atoms with Crippen molar-refractivity contribution in [1.29, 1.82) is 0 Å². The monoisotopic (exact) mass is 346 g/mol. The Bertz CT molecular complexity index is 617. The largest absolute Gasteiger partial charge is 0.387 e. The number of carbonyl (C=O) groups is 1. The van der Waals surface area contributed by atoms with E-state index in [1.807, 2.05) is 18.2 Å². The predicted molar refractivity (Wildman–Crippen MR) is 97.2 cm³/mol. The SMILES string of the molecule is O=C(NCCCCc1ccccc1)NCC(O)c1ccc(Cl)cc1. The van der Waals surface area contributed by atoms with Crippen molar-refractivity contribution in [1.82, 2.24) is 10.6 Å². The van der Waals surface area contributed by atoms with E-state index in [1.165, 1.54) is 5.56 Å². The Morgan fingerprint density at radius 2 is 1.71 bits per heavy atom. The van der Waals surface area contributed by atoms with E-state index in [2.05, 4.69) is 22.8 Å². The van der Waals surface area contributed by atoms with Crippen LogP contribution in [-0.4, -0.2) is 24.2 Å². The van der Waals surface area contributed by atoms with Crippen molar-refractivity contribution in [2.75, 3.05) is 13.1 Å². The van der Waals surface area contributed by atoms with Crippen molar-refractivity contribution in [3.8, 4) is 0 Å². The third-order valence-electron chi connectivity index (χ3n) is 3.73. The van der Waals surface area contributed by atoms with Crippen molar-refractivity contribution in [2.24, 2.45) is 0 Å². The normalized spacial score (nSPS) is 11.8. The highest BCUT2D eigenvalue weighted by atomic mass is 35.5. The van der Waals surface area contributed by atoms with Gasteiger partial charge in [0.1, 0.15) is 0 Å². The zero-order valence-electron chi connectivity index (χ0n) is 13.5. The minimum absolute atomic E-state index is 0.164. The van der Waals surface area contributed by atoms with Crippen LogP contribution in [0.4, 0.5) is 4.79 Å². The second kappa shape index (κ2) is 9.96. The van der Waals surface area contributed by atoms with Gasteiger partial charge in [-0.05, 0) is 42.5 Å². The first-order valence-electron chi connectivity index (χ1n) is 8.14. The van der Waals surface area contributed by atoms with Crippen molar-refractivity contribution >= 4 is 17.6 Å². The molecule has 2 aromatic rings. The Morgan fingerprint density at radius 3 is 2.42 bits per heavy atom. The van der Waals surface area contributed by atoms with Crippen LogP contribution in [-0.2, 0) is 6.42 Å². The molecule has 0 saturated carbocycles. The number of rotatable bonds is 8. The van der Waals surface area contributed by atoms with Gasteiger partial charge in [0.05, 0.1) is 6.10 Å². The average Bonchev–Trinajstić information content (AvgIpc) is 2.61. The molecule has 0 fully saturated rings. The fourth-order valence-electron chi connectivity index (χ4n) is 2.36. The van der Waals surface area contributed by atoms with Gasteiger partial charge in [-0.2, -0.15) is 0 Å². The Morgan fingerprint density at radius 1 is 1.00 bits per heavy atom. The first kappa shape index (κ1) is 18.3. The van der Waals surface area contributed by atoms with Gasteiger partial charge in [0, 0.05) is 18.1 Å². The van der Waals surface area contributed by atoms with Crippen LogP contribution in [0.25, 0.3) is 0 Å². The average molecular weight is 347 g/mol. The molecule has 0 aromatic heterocycles. The molecule has 0 aliphatic rings. The maximum atomic E-state index is 11.7. The molecule has 5 heteroatoms. The summed E-state index contributed by atoms with van der Waals surface area (Å²) in [6.45, 7) is 0.785. The van der Waals surface area contributed by atoms with Crippen molar-refractivity contribution < 1.29 is 9.90 Å². The molecular weight excluding hydrogens is 324 g/mol. The van der Waals surface area contributed by atoms with E-state index in [4.69, 9.17) is 11.6 Å². The first-order valence-corrected chi connectivity index (χ1v) is 8.52. The maximum absolute atomic E-state index is 11.7. The van der Waals surface area contributed by atoms with Gasteiger partial charge in [0.2, 0.25) is 0 Å². The lowest BCUT2D eigenvalue weighted by molar-refractivity contribution is 0.173. The van der Waals surface area contributed by atoms with Gasteiger partial charge in [-0.3, -0.25) is 0 Å². The number of benzene rings is 2. The number of amides is 2. The third-order valence-corrected chi connectivity index (χ3v) is 3.98. The zero-order chi connectivity index (χ0) is 17.2. The molecule has 2 rings (SSSR count). The number of aryl methyl sites for hydroxylation is 1. The Balaban J connectivity index is 1.57. The molecule has 0 heterocycles. The van der Waals surface area contributed by atoms with Crippen LogP contribution in [0.1, 0.15) is 30.1 Å². The van der Waals surface area contributed by atoms with E-state index in [0.717, 1.165) is 24.8 Å². The Hall–Kier alpha value is -2.04. The lowest BCUT2D eigenvalue weighted by Crippen LogP contribution is -2.38. The fourth-order valence-corrected chi connectivity index (χ4v) is 2.48. The van der Waals surface area contributed by atoms with Crippen LogP contribution in [0.3, 0.4) is 0 Å². The second-order valence-corrected chi connectivity index (χ2v) is 6.08. The van der Waals surface area contributed by atoms with Crippen LogP contribution in [0.2, 0.25) is 5.02 Å². The van der Waals surface area contributed by atoms with Gasteiger partial charge in [-0.15, -0.1) is 0 Å². The summed E-state index contributed by atoms with van der Waals surface area (Å²) in [5.41, 5.74) is 2.04. The smallest absolute Gasteiger partial charge is 0.314 e. The maximum Gasteiger partial charge on any atom is 0.314 e. The Labute approximate surface area is 147 Å². The summed E-state index contributed by atoms with van der Waals surface area (Å²) in [5.74, 6) is 0. The lowest BCUT2D eigenvalue weighted by atomic mass is 10.1. The number of nitrogens with one attached hydrogen (secondary N) is 2. The summed E-state index contributed by atoms with van der Waals surface area (Å²) in [6.07, 6.45) is 2.21. The van der Waals surface area contributed by atoms with E-state index in [9.17, 15) is 9.90 Å². The van der Waals surface area contributed by atoms with Crippen molar-refractivity contribution in [2.45, 2.75) is 25.4 Å². The summed E-state index contributed by atoms with van der Waals surface area (Å²) in [5, 5.41) is 16.1. The van der Waals surface area contributed by atoms with Gasteiger partial charge < -0.3 is 15.7 Å². The molecule has 0 aliphatic carbocycles. The standard InChI is InChI=1S/C19H23ClN2O2/c20-17-11-9-16(10-12-17)18(23)14-22-19(24)21-13-5-4-8-15-6-2-1-3-7-15/h1-3,6-7,9-12,18,23H,4-5,8,13-14H2,(H2,21,22,24). The number of hydrogen-bond acceptors (Lipinski definition) is 2. The molecule has 0 radical (unpaired) electrons. The van der Waals surface area contributed by atoms with Gasteiger partial charge in [-0.1, -0.05) is 54.1 Å². The molecule has 4 nitrogen and oxygen atoms in total. The molecule has 0 aliphatic heterocycles. The van der Waals surface area contributed by atoms with Crippen LogP contribution in [0, 0.1) is 0 Å². The van der Waals surface area contributed by atoms with E-state index in [-0.39, 0.29) is 12.6 Å². The quantitative estimate of drug-likeness (QED) is 0.638. The first-order chi connectivity index (χ1) is 11.6. The predicted octanol–water partition coefficient (Wildman–Crippen LogP) is 3.70. The highest BCUT2D eigenvalue weighted by molar-refractivity contribution is 6.30. The molecule has 2 aromatic carbocycles. The molecule has 1 unspecified atom stereocenters. The highest BCUT2D eigenvalue weighted by Crippen LogP contribution is 2.15. The fraction of sp³-hybridized carbons (Fsp3) is 0.316. The van der Waals surface area contributed by atoms with E-state index < -0.39 is 6.10 Å². The number of unbranched alkanes of at least 4 members (excludes halogenated alkanes) is 1. The molecule has 3 N–H and O–H groups in total. The lowest BCUT2D eigenvalue weighted by Gasteiger charge is -2.13. The van der Waals surface area contributed by atoms with Gasteiger partial charge in [0.15, 0.2) is 0 Å². The number of carbonyl (C=O) groups excluding carboxylic acids is 1. The minimum Gasteiger partial charge on any atom is -0.387 e. The van der Waals surface area contributed by atoms with Gasteiger partial charge >= 0.3 is 6.03 Å². The zero-order valence-corrected chi connectivity index (χ0v) is 14.3. The topological polar surface area (TPSA) is 61.4 Å². The number of urea groups is 1. The number of halogens is 1.